The Labute approximate surface area is 137 Å². The molecule has 0 aliphatic carbocycles. The molecule has 0 spiro atoms. The number of hydrogen-bond acceptors (Lipinski definition) is 1. The lowest BCUT2D eigenvalue weighted by molar-refractivity contribution is 0.108. The van der Waals surface area contributed by atoms with Crippen molar-refractivity contribution in [1.82, 2.24) is 0 Å². The Morgan fingerprint density at radius 3 is 2.05 bits per heavy atom. The smallest absolute Gasteiger partial charge is 0.252 e. The number of halogens is 1. The number of hydrogen-bond donors (Lipinski definition) is 0. The molecule has 21 heavy (non-hydrogen) atoms. The molecule has 118 valence electrons. The summed E-state index contributed by atoms with van der Waals surface area (Å²) in [5, 5.41) is -0.374. The molecule has 0 unspecified atom stereocenters. The molecule has 4 heteroatoms. The van der Waals surface area contributed by atoms with Gasteiger partial charge in [0.15, 0.2) is 0 Å². The van der Waals surface area contributed by atoms with E-state index >= 15 is 0 Å². The van der Waals surface area contributed by atoms with E-state index in [9.17, 15) is 4.79 Å². The standard InChI is InChI=1S/C17H29ClOSi2/c1-20(2,3)14-21(4,5)13-7-6-8-15-9-11-16(12-10-15)17(18)19/h9-12H,6-8,13-14H2,1-5H3. The highest BCUT2D eigenvalue weighted by Gasteiger charge is 2.27. The van der Waals surface area contributed by atoms with Crippen LogP contribution in [0.4, 0.5) is 0 Å². The molecule has 0 atom stereocenters. The first-order valence-electron chi connectivity index (χ1n) is 7.88. The van der Waals surface area contributed by atoms with E-state index in [1.807, 2.05) is 24.3 Å². The number of benzene rings is 1. The summed E-state index contributed by atoms with van der Waals surface area (Å²) in [7, 11) is -1.92. The molecule has 0 saturated heterocycles. The van der Waals surface area contributed by atoms with Crippen LogP contribution in [0, 0.1) is 0 Å². The predicted molar refractivity (Wildman–Crippen MR) is 100 cm³/mol. The Bertz CT molecular complexity index is 461. The third-order valence-electron chi connectivity index (χ3n) is 3.76. The maximum Gasteiger partial charge on any atom is 0.252 e. The Morgan fingerprint density at radius 2 is 1.57 bits per heavy atom. The monoisotopic (exact) mass is 340 g/mol. The fourth-order valence-corrected chi connectivity index (χ4v) is 16.8. The number of carbonyl (C=O) groups is 1. The zero-order valence-electron chi connectivity index (χ0n) is 14.1. The molecule has 0 radical (unpaired) electrons. The van der Waals surface area contributed by atoms with E-state index in [4.69, 9.17) is 11.6 Å². The molecule has 0 saturated carbocycles. The molecule has 0 aromatic heterocycles. The van der Waals surface area contributed by atoms with Crippen molar-refractivity contribution in [3.8, 4) is 0 Å². The molecule has 0 bridgehead atoms. The fourth-order valence-electron chi connectivity index (χ4n) is 3.26. The molecule has 1 nitrogen and oxygen atoms in total. The molecule has 1 aromatic carbocycles. The average Bonchev–Trinajstić information content (AvgIpc) is 2.32. The SMILES string of the molecule is C[Si](C)(C)C[Si](C)(C)CCCCc1ccc(C(=O)Cl)cc1. The van der Waals surface area contributed by atoms with E-state index in [0.717, 1.165) is 6.42 Å². The average molecular weight is 341 g/mol. The summed E-state index contributed by atoms with van der Waals surface area (Å²) in [6.07, 6.45) is 3.68. The summed E-state index contributed by atoms with van der Waals surface area (Å²) in [5.74, 6) is 0. The van der Waals surface area contributed by atoms with E-state index < -0.39 is 16.1 Å². The fraction of sp³-hybridized carbons (Fsp3) is 0.588. The van der Waals surface area contributed by atoms with Crippen LogP contribution < -0.4 is 0 Å². The summed E-state index contributed by atoms with van der Waals surface area (Å²) < 4.78 is 0. The number of unbranched alkanes of at least 4 members (excludes halogenated alkanes) is 1. The van der Waals surface area contributed by atoms with Crippen molar-refractivity contribution in [2.45, 2.75) is 63.7 Å². The van der Waals surface area contributed by atoms with Crippen molar-refractivity contribution in [3.63, 3.8) is 0 Å². The van der Waals surface area contributed by atoms with Gasteiger partial charge in [-0.3, -0.25) is 4.79 Å². The van der Waals surface area contributed by atoms with Gasteiger partial charge in [0, 0.05) is 21.7 Å². The first-order chi connectivity index (χ1) is 9.59. The van der Waals surface area contributed by atoms with E-state index in [1.165, 1.54) is 30.1 Å². The van der Waals surface area contributed by atoms with Crippen LogP contribution in [-0.2, 0) is 6.42 Å². The van der Waals surface area contributed by atoms with Crippen LogP contribution >= 0.6 is 11.6 Å². The third kappa shape index (κ3) is 7.98. The molecular weight excluding hydrogens is 312 g/mol. The van der Waals surface area contributed by atoms with E-state index in [-0.39, 0.29) is 5.24 Å². The molecule has 1 aromatic rings. The summed E-state index contributed by atoms with van der Waals surface area (Å²) in [6, 6.07) is 9.15. The summed E-state index contributed by atoms with van der Waals surface area (Å²) in [4.78, 5) is 11.0. The van der Waals surface area contributed by atoms with Gasteiger partial charge < -0.3 is 0 Å². The Morgan fingerprint density at radius 1 is 1.00 bits per heavy atom. The molecule has 0 aliphatic heterocycles. The summed E-state index contributed by atoms with van der Waals surface area (Å²) in [6.45, 7) is 12.6. The maximum atomic E-state index is 11.0. The molecular formula is C17H29ClOSi2. The predicted octanol–water partition coefficient (Wildman–Crippen LogP) is 5.97. The highest BCUT2D eigenvalue weighted by molar-refractivity contribution is 6.94. The molecule has 0 fully saturated rings. The van der Waals surface area contributed by atoms with Crippen LogP contribution in [0.3, 0.4) is 0 Å². The van der Waals surface area contributed by atoms with Gasteiger partial charge in [-0.2, -0.15) is 0 Å². The zero-order valence-corrected chi connectivity index (χ0v) is 16.9. The van der Waals surface area contributed by atoms with Gasteiger partial charge in [-0.25, -0.2) is 0 Å². The van der Waals surface area contributed by atoms with Crippen molar-refractivity contribution in [3.05, 3.63) is 35.4 Å². The van der Waals surface area contributed by atoms with Gasteiger partial charge in [-0.1, -0.05) is 63.0 Å². The molecule has 0 N–H and O–H groups in total. The lowest BCUT2D eigenvalue weighted by Gasteiger charge is -2.29. The van der Waals surface area contributed by atoms with Crippen molar-refractivity contribution in [1.29, 1.82) is 0 Å². The summed E-state index contributed by atoms with van der Waals surface area (Å²) in [5.41, 5.74) is 3.43. The normalized spacial score (nSPS) is 12.5. The minimum atomic E-state index is -1.00. The third-order valence-corrected chi connectivity index (χ3v) is 13.8. The Kier molecular flexibility index (Phi) is 6.89. The van der Waals surface area contributed by atoms with Crippen molar-refractivity contribution in [2.24, 2.45) is 0 Å². The number of carbonyl (C=O) groups excluding carboxylic acids is 1. The van der Waals surface area contributed by atoms with Gasteiger partial charge in [-0.05, 0) is 42.1 Å². The van der Waals surface area contributed by atoms with Gasteiger partial charge >= 0.3 is 0 Å². The van der Waals surface area contributed by atoms with E-state index in [1.54, 1.807) is 0 Å². The van der Waals surface area contributed by atoms with Gasteiger partial charge in [0.25, 0.3) is 5.24 Å². The maximum absolute atomic E-state index is 11.0. The second kappa shape index (κ2) is 7.75. The molecule has 1 rings (SSSR count). The minimum Gasteiger partial charge on any atom is -0.276 e. The lowest BCUT2D eigenvalue weighted by Crippen LogP contribution is -2.37. The first kappa shape index (κ1) is 18.7. The lowest BCUT2D eigenvalue weighted by atomic mass is 10.1. The van der Waals surface area contributed by atoms with E-state index in [0.29, 0.717) is 5.56 Å². The van der Waals surface area contributed by atoms with Crippen molar-refractivity contribution < 1.29 is 4.79 Å². The van der Waals surface area contributed by atoms with Gasteiger partial charge in [0.2, 0.25) is 0 Å². The topological polar surface area (TPSA) is 17.1 Å². The van der Waals surface area contributed by atoms with E-state index in [2.05, 4.69) is 32.7 Å². The number of rotatable bonds is 8. The van der Waals surface area contributed by atoms with Crippen LogP contribution in [0.25, 0.3) is 0 Å². The minimum absolute atomic E-state index is 0.374. The van der Waals surface area contributed by atoms with Crippen LogP contribution in [0.2, 0.25) is 44.4 Å². The summed E-state index contributed by atoms with van der Waals surface area (Å²) >= 11 is 5.45. The zero-order chi connectivity index (χ0) is 16.1. The molecule has 0 amide bonds. The quantitative estimate of drug-likeness (QED) is 0.323. The van der Waals surface area contributed by atoms with Crippen molar-refractivity contribution in [2.75, 3.05) is 0 Å². The highest BCUT2D eigenvalue weighted by Crippen LogP contribution is 2.25. The molecule has 0 aliphatic rings. The van der Waals surface area contributed by atoms with Gasteiger partial charge in [-0.15, -0.1) is 0 Å². The van der Waals surface area contributed by atoms with Crippen LogP contribution in [0.1, 0.15) is 28.8 Å². The largest absolute Gasteiger partial charge is 0.276 e. The van der Waals surface area contributed by atoms with Gasteiger partial charge in [0.1, 0.15) is 0 Å². The van der Waals surface area contributed by atoms with Crippen LogP contribution in [0.15, 0.2) is 24.3 Å². The van der Waals surface area contributed by atoms with Crippen LogP contribution in [0.5, 0.6) is 0 Å². The Hall–Kier alpha value is -0.386. The van der Waals surface area contributed by atoms with Crippen LogP contribution in [-0.4, -0.2) is 21.4 Å². The molecule has 0 heterocycles. The first-order valence-corrected chi connectivity index (χ1v) is 15.4. The Balaban J connectivity index is 2.35. The highest BCUT2D eigenvalue weighted by atomic mass is 35.5. The second-order valence-corrected chi connectivity index (χ2v) is 19.8. The second-order valence-electron chi connectivity index (χ2n) is 8.08. The van der Waals surface area contributed by atoms with Crippen molar-refractivity contribution >= 4 is 33.0 Å². The number of aryl methyl sites for hydroxylation is 1. The van der Waals surface area contributed by atoms with Gasteiger partial charge in [0.05, 0.1) is 0 Å².